The van der Waals surface area contributed by atoms with Crippen LogP contribution in [-0.2, 0) is 71.5 Å². The normalized spacial score (nSPS) is 17.4. The fraction of sp³-hybridized carbons (Fsp3) is 0.347. The Morgan fingerprint density at radius 1 is 0.278 bits per heavy atom. The second kappa shape index (κ2) is 22.2. The van der Waals surface area contributed by atoms with Crippen molar-refractivity contribution < 1.29 is 18.3 Å². The topological polar surface area (TPSA) is 58.9 Å². The fourth-order valence-electron chi connectivity index (χ4n) is 20.7. The van der Waals surface area contributed by atoms with Gasteiger partial charge >= 0.3 is 0 Å². The molecular weight excluding hydrogens is 1320 g/mol. The Kier molecular flexibility index (Phi) is 14.3. The zero-order chi connectivity index (χ0) is 76.6. The van der Waals surface area contributed by atoms with E-state index in [1.54, 1.807) is 0 Å². The lowest BCUT2D eigenvalue weighted by molar-refractivity contribution is -0.644. The van der Waals surface area contributed by atoms with Crippen LogP contribution in [0, 0.1) is 41.5 Å². The molecule has 0 radical (unpaired) electrons. The third kappa shape index (κ3) is 8.39. The highest BCUT2D eigenvalue weighted by Crippen LogP contribution is 2.57. The van der Waals surface area contributed by atoms with Gasteiger partial charge in [-0.1, -0.05) is 232 Å². The van der Waals surface area contributed by atoms with Crippen LogP contribution in [0.5, 0.6) is 0 Å². The van der Waals surface area contributed by atoms with Crippen LogP contribution in [0.2, 0.25) is 0 Å². The Hall–Kier alpha value is -10.3. The maximum Gasteiger partial charge on any atom is 0.296 e. The molecule has 4 aliphatic rings. The van der Waals surface area contributed by atoms with Crippen molar-refractivity contribution in [1.82, 2.24) is 27.6 Å². The summed E-state index contributed by atoms with van der Waals surface area (Å²) in [5, 5.41) is 13.3. The minimum absolute atomic E-state index is 0.0121. The number of aryl methyl sites for hydroxylation is 10. The van der Waals surface area contributed by atoms with Crippen LogP contribution in [0.1, 0.15) is 189 Å². The molecule has 108 heavy (non-hydrogen) atoms. The molecule has 21 rings (SSSR count). The van der Waals surface area contributed by atoms with Gasteiger partial charge in [-0.15, -0.1) is 0 Å². The average Bonchev–Trinajstić information content (AvgIpc) is 1.43. The van der Waals surface area contributed by atoms with Gasteiger partial charge < -0.3 is 0 Å². The number of aromatic nitrogens is 10. The van der Waals surface area contributed by atoms with Gasteiger partial charge in [-0.3, -0.25) is 9.97 Å². The molecule has 14 heterocycles. The molecule has 0 fully saturated rings. The minimum Gasteiger partial charge on any atom is -0.255 e. The van der Waals surface area contributed by atoms with Crippen LogP contribution >= 0.6 is 0 Å². The summed E-state index contributed by atoms with van der Waals surface area (Å²) < 4.78 is 19.5. The summed E-state index contributed by atoms with van der Waals surface area (Å²) in [6.45, 7) is 51.6. The number of pyridine rings is 6. The Bertz CT molecular complexity index is 6710. The molecule has 10 heteroatoms. The highest BCUT2D eigenvalue weighted by atomic mass is 15.2. The number of benzene rings is 7. The molecule has 0 saturated carbocycles. The molecule has 0 spiro atoms. The average molecular weight is 1420 g/mol. The number of hydrogen-bond donors (Lipinski definition) is 0. The highest BCUT2D eigenvalue weighted by molar-refractivity contribution is 6.17. The monoisotopic (exact) mass is 1420 g/mol. The Morgan fingerprint density at radius 3 is 1.17 bits per heavy atom. The molecule has 0 N–H and O–H groups in total. The quantitative estimate of drug-likeness (QED) is 0.121. The lowest BCUT2D eigenvalue weighted by atomic mass is 9.60. The van der Waals surface area contributed by atoms with E-state index in [0.29, 0.717) is 0 Å². The lowest BCUT2D eigenvalue weighted by Gasteiger charge is -2.43. The van der Waals surface area contributed by atoms with Crippen LogP contribution in [0.4, 0.5) is 0 Å². The third-order valence-corrected chi connectivity index (χ3v) is 29.7. The van der Waals surface area contributed by atoms with Gasteiger partial charge in [0.1, 0.15) is 40.7 Å². The molecule has 0 amide bonds. The Balaban J connectivity index is 0.000000102. The summed E-state index contributed by atoms with van der Waals surface area (Å²) in [6, 6.07) is 51.5. The van der Waals surface area contributed by atoms with Crippen LogP contribution in [0.15, 0.2) is 171 Å². The molecule has 0 unspecified atom stereocenters. The first-order chi connectivity index (χ1) is 50.9. The second-order valence-corrected chi connectivity index (χ2v) is 37.0. The summed E-state index contributed by atoms with van der Waals surface area (Å²) in [4.78, 5) is 9.65. The van der Waals surface area contributed by atoms with Gasteiger partial charge in [0.25, 0.3) is 22.6 Å². The van der Waals surface area contributed by atoms with Crippen molar-refractivity contribution in [2.75, 3.05) is 0 Å². The van der Waals surface area contributed by atoms with Gasteiger partial charge in [-0.05, 0) is 93.1 Å². The van der Waals surface area contributed by atoms with Crippen LogP contribution in [0.25, 0.3) is 121 Å². The first-order valence-corrected chi connectivity index (χ1v) is 39.1. The largest absolute Gasteiger partial charge is 0.296 e. The van der Waals surface area contributed by atoms with Crippen molar-refractivity contribution >= 4 is 110 Å². The summed E-state index contributed by atoms with van der Waals surface area (Å²) >= 11 is 0. The van der Waals surface area contributed by atoms with E-state index >= 15 is 0 Å². The van der Waals surface area contributed by atoms with Gasteiger partial charge in [-0.25, -0.2) is 18.3 Å². The third-order valence-electron chi connectivity index (χ3n) is 29.7. The molecule has 17 aromatic rings. The predicted octanol–water partition coefficient (Wildman–Crippen LogP) is 20.9. The van der Waals surface area contributed by atoms with E-state index in [2.05, 4.69) is 375 Å². The maximum atomic E-state index is 4.85. The zero-order valence-electron chi connectivity index (χ0n) is 68.6. The number of nitrogens with zero attached hydrogens (tertiary/aromatic N) is 10. The van der Waals surface area contributed by atoms with E-state index in [1.165, 1.54) is 188 Å². The van der Waals surface area contributed by atoms with Gasteiger partial charge in [0.2, 0.25) is 0 Å². The van der Waals surface area contributed by atoms with Crippen molar-refractivity contribution in [3.8, 4) is 11.3 Å². The summed E-state index contributed by atoms with van der Waals surface area (Å²) in [5.74, 6) is 0. The van der Waals surface area contributed by atoms with Crippen molar-refractivity contribution in [1.29, 1.82) is 0 Å². The summed E-state index contributed by atoms with van der Waals surface area (Å²) in [7, 11) is 8.77. The Labute approximate surface area is 635 Å². The van der Waals surface area contributed by atoms with Crippen molar-refractivity contribution in [3.05, 3.63) is 249 Å². The minimum atomic E-state index is -0.0556. The van der Waals surface area contributed by atoms with E-state index in [9.17, 15) is 0 Å². The molecular formula is C98H106N10+4. The van der Waals surface area contributed by atoms with Crippen molar-refractivity contribution in [2.45, 2.75) is 196 Å². The number of hydrogen-bond acceptors (Lipinski definition) is 2. The number of para-hydroxylation sites is 2. The second-order valence-electron chi connectivity index (χ2n) is 37.0. The van der Waals surface area contributed by atoms with Gasteiger partial charge in [-0.2, -0.15) is 17.6 Å². The van der Waals surface area contributed by atoms with Gasteiger partial charge in [0.15, 0.2) is 28.5 Å². The van der Waals surface area contributed by atoms with Gasteiger partial charge in [0.05, 0.1) is 66.2 Å². The van der Waals surface area contributed by atoms with Crippen LogP contribution in [-0.4, -0.2) is 27.6 Å². The zero-order valence-corrected chi connectivity index (χ0v) is 68.6. The summed E-state index contributed by atoms with van der Waals surface area (Å²) in [6.07, 6.45) is 10.9. The van der Waals surface area contributed by atoms with Crippen molar-refractivity contribution in [3.63, 3.8) is 0 Å². The summed E-state index contributed by atoms with van der Waals surface area (Å²) in [5.41, 5.74) is 34.7. The molecule has 7 aromatic carbocycles. The predicted molar refractivity (Wildman–Crippen MR) is 448 cm³/mol. The fourth-order valence-corrected chi connectivity index (χ4v) is 20.7. The van der Waals surface area contributed by atoms with E-state index < -0.39 is 0 Å². The molecule has 0 aliphatic carbocycles. The van der Waals surface area contributed by atoms with E-state index in [0.717, 1.165) is 11.0 Å². The molecule has 0 atom stereocenters. The smallest absolute Gasteiger partial charge is 0.255 e. The van der Waals surface area contributed by atoms with Crippen molar-refractivity contribution in [2.24, 2.45) is 28.2 Å². The maximum absolute atomic E-state index is 4.85. The first kappa shape index (κ1) is 69.4. The van der Waals surface area contributed by atoms with E-state index in [-0.39, 0.29) is 43.3 Å². The van der Waals surface area contributed by atoms with Gasteiger partial charge in [0, 0.05) is 110 Å². The van der Waals surface area contributed by atoms with E-state index in [4.69, 9.17) is 9.97 Å². The first-order valence-electron chi connectivity index (χ1n) is 39.1. The van der Waals surface area contributed by atoms with Crippen LogP contribution < -0.4 is 18.3 Å². The molecule has 0 bridgehead atoms. The van der Waals surface area contributed by atoms with Crippen LogP contribution in [0.3, 0.4) is 0 Å². The number of rotatable bonds is 1. The Morgan fingerprint density at radius 2 is 0.648 bits per heavy atom. The molecule has 544 valence electrons. The highest BCUT2D eigenvalue weighted by Gasteiger charge is 2.56. The lowest BCUT2D eigenvalue weighted by Crippen LogP contribution is -2.44. The number of fused-ring (bicyclic) bond motifs is 12. The molecule has 10 aromatic heterocycles. The number of imidazole rings is 4. The molecule has 4 aliphatic heterocycles. The standard InChI is InChI=1S/C29H29N2.C24H27N2.C23H26N3.C22H24N3/c1-18-12-10-15-20-21-16-11-17-22-25(21)31-26(29(4,5)28(22,2)3)24(19-13-8-7-9-14-19)30(6)27(31)23(18)20;1-14-9-8-10-16-19-15(2)11-12-17-21(19)26-18(24(5,6)23(17,3)4)13-25(7)22(26)20(14)16;1-13-8-9-15-20-17(13)19-18(14(2)10-11-24-19)21-25(7)12-16(26(20)21)23(5,6)22(15,3)4;1-13-10-11-23-18-14-8-7-9-15-19(14)25-16(22(4,5)21(15,2)3)12-24(6)20(25)17(13)18/h7-17H,1-6H3;8-13H,1-7H3;8-12H,1-7H3;7-12H,1-6H3/q4*+1. The SMILES string of the molecule is Cc1ccc2c3c1c1cccc(C)c1c1n3c(c[n+]1C)C(C)(C)C2(C)C.Cc1ccc2c3c1c1nccc(C)c1c1n3c(c[n+]1C)C(C)(C)C2(C)C.Cc1cccc2c3cccc4c3n3c(c(-c5ccccc5)[n+](C)c3c12)C(C)(C)C4(C)C.Cc1ccnc2c3cccc4c3n3c(c[n+](C)c3c12)C(C)(C)C4(C)C. The molecule has 0 saturated heterocycles. The molecule has 10 nitrogen and oxygen atoms in total. The van der Waals surface area contributed by atoms with E-state index in [1.807, 2.05) is 12.4 Å².